The Balaban J connectivity index is 1.93. The summed E-state index contributed by atoms with van der Waals surface area (Å²) >= 11 is 1.90. The molecular formula is C11H15N3O2S. The number of aromatic nitrogens is 1. The first-order valence-corrected chi connectivity index (χ1v) is 6.77. The third-order valence-corrected chi connectivity index (χ3v) is 4.67. The lowest BCUT2D eigenvalue weighted by atomic mass is 9.84. The number of pyridine rings is 1. The van der Waals surface area contributed by atoms with Crippen molar-refractivity contribution in [2.24, 2.45) is 0 Å². The van der Waals surface area contributed by atoms with Gasteiger partial charge >= 0.3 is 5.82 Å². The van der Waals surface area contributed by atoms with E-state index in [2.05, 4.69) is 16.6 Å². The molecule has 0 atom stereocenters. The fourth-order valence-corrected chi connectivity index (χ4v) is 2.80. The van der Waals surface area contributed by atoms with Crippen LogP contribution in [-0.2, 0) is 0 Å². The maximum atomic E-state index is 10.5. The minimum absolute atomic E-state index is 0.112. The van der Waals surface area contributed by atoms with E-state index in [1.165, 1.54) is 31.5 Å². The van der Waals surface area contributed by atoms with Crippen LogP contribution in [0.3, 0.4) is 0 Å². The number of hydrogen-bond donors (Lipinski definition) is 1. The Kier molecular flexibility index (Phi) is 3.51. The van der Waals surface area contributed by atoms with Crippen LogP contribution in [0.1, 0.15) is 19.3 Å². The van der Waals surface area contributed by atoms with Crippen LogP contribution in [0.2, 0.25) is 0 Å². The molecule has 1 aromatic rings. The normalized spacial score (nSPS) is 17.2. The number of hydrogen-bond acceptors (Lipinski definition) is 5. The molecule has 17 heavy (non-hydrogen) atoms. The molecule has 1 fully saturated rings. The summed E-state index contributed by atoms with van der Waals surface area (Å²) in [4.78, 5) is 13.7. The van der Waals surface area contributed by atoms with Crippen molar-refractivity contribution in [3.63, 3.8) is 0 Å². The van der Waals surface area contributed by atoms with Crippen molar-refractivity contribution < 1.29 is 4.92 Å². The fourth-order valence-electron chi connectivity index (χ4n) is 1.89. The molecule has 1 heterocycles. The van der Waals surface area contributed by atoms with E-state index in [-0.39, 0.29) is 5.82 Å². The Morgan fingerprint density at radius 1 is 1.59 bits per heavy atom. The SMILES string of the molecule is CSC1(CNc2ccc([N+](=O)[O-])nc2)CCC1. The van der Waals surface area contributed by atoms with Crippen LogP contribution in [0.15, 0.2) is 18.3 Å². The topological polar surface area (TPSA) is 68.1 Å². The molecule has 0 radical (unpaired) electrons. The summed E-state index contributed by atoms with van der Waals surface area (Å²) in [6.07, 6.45) is 7.42. The van der Waals surface area contributed by atoms with Gasteiger partial charge in [0.2, 0.25) is 0 Å². The molecule has 2 rings (SSSR count). The summed E-state index contributed by atoms with van der Waals surface area (Å²) in [6.45, 7) is 0.896. The molecule has 1 aromatic heterocycles. The Labute approximate surface area is 104 Å². The summed E-state index contributed by atoms with van der Waals surface area (Å²) in [6, 6.07) is 3.13. The molecule has 6 heteroatoms. The van der Waals surface area contributed by atoms with Gasteiger partial charge < -0.3 is 15.4 Å². The molecule has 0 saturated heterocycles. The van der Waals surface area contributed by atoms with Crippen LogP contribution in [0.5, 0.6) is 0 Å². The van der Waals surface area contributed by atoms with E-state index in [0.29, 0.717) is 4.75 Å². The molecule has 0 aliphatic heterocycles. The maximum Gasteiger partial charge on any atom is 0.363 e. The number of nitro groups is 1. The van der Waals surface area contributed by atoms with Gasteiger partial charge in [0.05, 0.1) is 5.69 Å². The summed E-state index contributed by atoms with van der Waals surface area (Å²) in [7, 11) is 0. The van der Waals surface area contributed by atoms with Gasteiger partial charge in [-0.1, -0.05) is 6.42 Å². The standard InChI is InChI=1S/C11H15N3O2S/c1-17-11(5-2-6-11)8-13-9-3-4-10(12-7-9)14(15)16/h3-4,7,13H,2,5-6,8H2,1H3. The van der Waals surface area contributed by atoms with Crippen LogP contribution >= 0.6 is 11.8 Å². The lowest BCUT2D eigenvalue weighted by Crippen LogP contribution is -2.40. The van der Waals surface area contributed by atoms with Gasteiger partial charge in [-0.05, 0) is 35.1 Å². The molecule has 1 N–H and O–H groups in total. The van der Waals surface area contributed by atoms with Crippen molar-refractivity contribution in [3.05, 3.63) is 28.4 Å². The van der Waals surface area contributed by atoms with E-state index < -0.39 is 4.92 Å². The second kappa shape index (κ2) is 4.91. The zero-order chi connectivity index (χ0) is 12.3. The molecule has 0 bridgehead atoms. The largest absolute Gasteiger partial charge is 0.381 e. The first-order chi connectivity index (χ1) is 8.15. The predicted molar refractivity (Wildman–Crippen MR) is 69.5 cm³/mol. The summed E-state index contributed by atoms with van der Waals surface area (Å²) < 4.78 is 0.349. The molecule has 0 spiro atoms. The zero-order valence-electron chi connectivity index (χ0n) is 9.68. The third-order valence-electron chi connectivity index (χ3n) is 3.25. The van der Waals surface area contributed by atoms with Crippen molar-refractivity contribution in [1.82, 2.24) is 4.98 Å². The highest BCUT2D eigenvalue weighted by atomic mass is 32.2. The van der Waals surface area contributed by atoms with Crippen LogP contribution in [0, 0.1) is 10.1 Å². The minimum atomic E-state index is -0.487. The van der Waals surface area contributed by atoms with E-state index in [9.17, 15) is 10.1 Å². The number of thioether (sulfide) groups is 1. The van der Waals surface area contributed by atoms with Gasteiger partial charge in [0, 0.05) is 17.4 Å². The lowest BCUT2D eigenvalue weighted by molar-refractivity contribution is -0.389. The Bertz CT molecular complexity index is 398. The average molecular weight is 253 g/mol. The highest BCUT2D eigenvalue weighted by Gasteiger charge is 2.35. The van der Waals surface area contributed by atoms with Gasteiger partial charge in [0.1, 0.15) is 0 Å². The maximum absolute atomic E-state index is 10.5. The minimum Gasteiger partial charge on any atom is -0.381 e. The molecule has 1 saturated carbocycles. The van der Waals surface area contributed by atoms with E-state index in [4.69, 9.17) is 0 Å². The monoisotopic (exact) mass is 253 g/mol. The van der Waals surface area contributed by atoms with Gasteiger partial charge in [-0.3, -0.25) is 0 Å². The Hall–Kier alpha value is -1.30. The quantitative estimate of drug-likeness (QED) is 0.645. The summed E-state index contributed by atoms with van der Waals surface area (Å²) in [5.41, 5.74) is 0.843. The molecular weight excluding hydrogens is 238 g/mol. The number of nitrogens with zero attached hydrogens (tertiary/aromatic N) is 2. The molecule has 5 nitrogen and oxygen atoms in total. The number of anilines is 1. The van der Waals surface area contributed by atoms with E-state index in [0.717, 1.165) is 12.2 Å². The van der Waals surface area contributed by atoms with Gasteiger partial charge in [0.15, 0.2) is 6.20 Å². The van der Waals surface area contributed by atoms with Crippen molar-refractivity contribution in [2.75, 3.05) is 18.1 Å². The van der Waals surface area contributed by atoms with Crippen LogP contribution in [0.25, 0.3) is 0 Å². The predicted octanol–water partition coefficient (Wildman–Crippen LogP) is 2.69. The van der Waals surface area contributed by atoms with Gasteiger partial charge in [-0.25, -0.2) is 0 Å². The van der Waals surface area contributed by atoms with E-state index >= 15 is 0 Å². The summed E-state index contributed by atoms with van der Waals surface area (Å²) in [5.74, 6) is -0.112. The smallest absolute Gasteiger partial charge is 0.363 e. The number of nitrogens with one attached hydrogen (secondary N) is 1. The highest BCUT2D eigenvalue weighted by molar-refractivity contribution is 8.00. The first-order valence-electron chi connectivity index (χ1n) is 5.55. The molecule has 1 aliphatic rings. The zero-order valence-corrected chi connectivity index (χ0v) is 10.5. The third kappa shape index (κ3) is 2.69. The van der Waals surface area contributed by atoms with E-state index in [1.54, 1.807) is 6.07 Å². The Morgan fingerprint density at radius 2 is 2.35 bits per heavy atom. The highest BCUT2D eigenvalue weighted by Crippen LogP contribution is 2.42. The summed E-state index contributed by atoms with van der Waals surface area (Å²) in [5, 5.41) is 13.7. The van der Waals surface area contributed by atoms with E-state index in [1.807, 2.05) is 11.8 Å². The molecule has 92 valence electrons. The van der Waals surface area contributed by atoms with Crippen molar-refractivity contribution in [3.8, 4) is 0 Å². The number of rotatable bonds is 5. The van der Waals surface area contributed by atoms with Crippen LogP contribution in [-0.4, -0.2) is 27.5 Å². The second-order valence-electron chi connectivity index (χ2n) is 4.26. The second-order valence-corrected chi connectivity index (χ2v) is 5.53. The average Bonchev–Trinajstić information content (AvgIpc) is 2.29. The molecule has 0 amide bonds. The van der Waals surface area contributed by atoms with Gasteiger partial charge in [-0.15, -0.1) is 0 Å². The Morgan fingerprint density at radius 3 is 2.76 bits per heavy atom. The van der Waals surface area contributed by atoms with Crippen molar-refractivity contribution >= 4 is 23.3 Å². The molecule has 0 unspecified atom stereocenters. The lowest BCUT2D eigenvalue weighted by Gasteiger charge is -2.40. The first kappa shape index (κ1) is 12.2. The van der Waals surface area contributed by atoms with Crippen molar-refractivity contribution in [2.45, 2.75) is 24.0 Å². The van der Waals surface area contributed by atoms with Gasteiger partial charge in [0.25, 0.3) is 0 Å². The van der Waals surface area contributed by atoms with Crippen LogP contribution in [0.4, 0.5) is 11.5 Å². The van der Waals surface area contributed by atoms with Crippen LogP contribution < -0.4 is 5.32 Å². The van der Waals surface area contributed by atoms with Gasteiger partial charge in [-0.2, -0.15) is 11.8 Å². The fraction of sp³-hybridized carbons (Fsp3) is 0.545. The molecule has 0 aromatic carbocycles. The van der Waals surface area contributed by atoms with Crippen molar-refractivity contribution in [1.29, 1.82) is 0 Å². The molecule has 1 aliphatic carbocycles.